The number of benzene rings is 3. The lowest BCUT2D eigenvalue weighted by Gasteiger charge is -2.37. The lowest BCUT2D eigenvalue weighted by Crippen LogP contribution is -2.34. The Balaban J connectivity index is 1.54. The number of aromatic hydroxyl groups is 1. The molecule has 0 saturated heterocycles. The van der Waals surface area contributed by atoms with Gasteiger partial charge in [0.25, 0.3) is 5.91 Å². The summed E-state index contributed by atoms with van der Waals surface area (Å²) in [6, 6.07) is 20.6. The zero-order valence-corrected chi connectivity index (χ0v) is 20.2. The van der Waals surface area contributed by atoms with E-state index in [1.807, 2.05) is 36.4 Å². The first-order valence-corrected chi connectivity index (χ1v) is 11.9. The average Bonchev–Trinajstić information content (AvgIpc) is 2.88. The SMILES string of the molecule is COc1cc(CNC(=O)c2cccc(-c3cccc(C4(OC(C)=O)CCCCC4)c3)c2)ccc1O. The van der Waals surface area contributed by atoms with Gasteiger partial charge in [-0.3, -0.25) is 9.59 Å². The van der Waals surface area contributed by atoms with Gasteiger partial charge in [0.2, 0.25) is 0 Å². The van der Waals surface area contributed by atoms with Crippen molar-refractivity contribution in [2.45, 2.75) is 51.2 Å². The number of ether oxygens (including phenoxy) is 2. The van der Waals surface area contributed by atoms with E-state index in [4.69, 9.17) is 9.47 Å². The van der Waals surface area contributed by atoms with Gasteiger partial charge in [-0.1, -0.05) is 42.8 Å². The summed E-state index contributed by atoms with van der Waals surface area (Å²) in [5.74, 6) is -0.0368. The summed E-state index contributed by atoms with van der Waals surface area (Å²) in [5, 5.41) is 12.7. The fourth-order valence-corrected chi connectivity index (χ4v) is 4.79. The van der Waals surface area contributed by atoms with Crippen LogP contribution in [0.25, 0.3) is 11.1 Å². The standard InChI is InChI=1S/C29H31NO5/c1-20(31)35-29(14-4-3-5-15-29)25-11-7-9-23(18-25)22-8-6-10-24(17-22)28(33)30-19-21-12-13-26(32)27(16-21)34-2/h6-13,16-18,32H,3-5,14-15,19H2,1-2H3,(H,30,33). The number of rotatable bonds is 7. The molecule has 2 N–H and O–H groups in total. The van der Waals surface area contributed by atoms with Crippen LogP contribution in [0.4, 0.5) is 0 Å². The molecule has 0 radical (unpaired) electrons. The van der Waals surface area contributed by atoms with E-state index in [-0.39, 0.29) is 17.6 Å². The van der Waals surface area contributed by atoms with Crippen molar-refractivity contribution in [1.82, 2.24) is 5.32 Å². The molecule has 0 atom stereocenters. The van der Waals surface area contributed by atoms with Crippen LogP contribution in [0.5, 0.6) is 11.5 Å². The highest BCUT2D eigenvalue weighted by Gasteiger charge is 2.37. The first-order chi connectivity index (χ1) is 16.9. The first-order valence-electron chi connectivity index (χ1n) is 11.9. The molecule has 0 heterocycles. The molecule has 3 aromatic carbocycles. The van der Waals surface area contributed by atoms with Crippen molar-refractivity contribution in [2.75, 3.05) is 7.11 Å². The van der Waals surface area contributed by atoms with Crippen molar-refractivity contribution >= 4 is 11.9 Å². The highest BCUT2D eigenvalue weighted by molar-refractivity contribution is 5.95. The van der Waals surface area contributed by atoms with E-state index < -0.39 is 5.60 Å². The zero-order valence-electron chi connectivity index (χ0n) is 20.2. The second-order valence-corrected chi connectivity index (χ2v) is 9.00. The van der Waals surface area contributed by atoms with E-state index in [2.05, 4.69) is 11.4 Å². The minimum absolute atomic E-state index is 0.0567. The molecule has 182 valence electrons. The van der Waals surface area contributed by atoms with Crippen molar-refractivity contribution in [2.24, 2.45) is 0 Å². The van der Waals surface area contributed by atoms with Gasteiger partial charge in [0, 0.05) is 19.0 Å². The molecule has 0 spiro atoms. The second kappa shape index (κ2) is 10.6. The van der Waals surface area contributed by atoms with Crippen LogP contribution in [0.1, 0.15) is 60.5 Å². The summed E-state index contributed by atoms with van der Waals surface area (Å²) < 4.78 is 11.0. The molecule has 6 nitrogen and oxygen atoms in total. The predicted molar refractivity (Wildman–Crippen MR) is 134 cm³/mol. The van der Waals surface area contributed by atoms with Crippen molar-refractivity contribution in [3.05, 3.63) is 83.4 Å². The fourth-order valence-electron chi connectivity index (χ4n) is 4.79. The number of carbonyl (C=O) groups excluding carboxylic acids is 2. The van der Waals surface area contributed by atoms with Crippen molar-refractivity contribution in [3.63, 3.8) is 0 Å². The quantitative estimate of drug-likeness (QED) is 0.429. The van der Waals surface area contributed by atoms with Crippen LogP contribution in [0, 0.1) is 0 Å². The summed E-state index contributed by atoms with van der Waals surface area (Å²) in [4.78, 5) is 24.8. The summed E-state index contributed by atoms with van der Waals surface area (Å²) >= 11 is 0. The van der Waals surface area contributed by atoms with E-state index >= 15 is 0 Å². The minimum Gasteiger partial charge on any atom is -0.504 e. The van der Waals surface area contributed by atoms with Gasteiger partial charge in [0.05, 0.1) is 7.11 Å². The van der Waals surface area contributed by atoms with Gasteiger partial charge in [-0.15, -0.1) is 0 Å². The third-order valence-corrected chi connectivity index (χ3v) is 6.54. The Hall–Kier alpha value is -3.80. The van der Waals surface area contributed by atoms with E-state index in [0.29, 0.717) is 17.9 Å². The number of esters is 1. The van der Waals surface area contributed by atoms with Gasteiger partial charge in [-0.2, -0.15) is 0 Å². The maximum absolute atomic E-state index is 12.9. The molecule has 1 aliphatic rings. The Morgan fingerprint density at radius 2 is 1.66 bits per heavy atom. The maximum Gasteiger partial charge on any atom is 0.303 e. The molecule has 6 heteroatoms. The normalized spacial score (nSPS) is 14.7. The summed E-state index contributed by atoms with van der Waals surface area (Å²) in [5.41, 5.74) is 3.67. The predicted octanol–water partition coefficient (Wildman–Crippen LogP) is 5.72. The van der Waals surface area contributed by atoms with Gasteiger partial charge in [0.1, 0.15) is 5.60 Å². The zero-order chi connectivity index (χ0) is 24.8. The number of phenols is 1. The molecule has 1 fully saturated rings. The molecule has 1 aliphatic carbocycles. The number of hydrogen-bond donors (Lipinski definition) is 2. The number of methoxy groups -OCH3 is 1. The number of hydrogen-bond acceptors (Lipinski definition) is 5. The Morgan fingerprint density at radius 1 is 0.943 bits per heavy atom. The van der Waals surface area contributed by atoms with Gasteiger partial charge in [-0.05, 0) is 78.3 Å². The number of amides is 1. The third-order valence-electron chi connectivity index (χ3n) is 6.54. The number of phenolic OH excluding ortho intramolecular Hbond substituents is 1. The highest BCUT2D eigenvalue weighted by Crippen LogP contribution is 2.41. The number of nitrogens with one attached hydrogen (secondary N) is 1. The van der Waals surface area contributed by atoms with Crippen molar-refractivity contribution in [1.29, 1.82) is 0 Å². The Bertz CT molecular complexity index is 1210. The maximum atomic E-state index is 12.9. The third kappa shape index (κ3) is 5.65. The molecule has 4 rings (SSSR count). The van der Waals surface area contributed by atoms with Crippen LogP contribution in [0.2, 0.25) is 0 Å². The Kier molecular flexibility index (Phi) is 7.39. The van der Waals surface area contributed by atoms with Crippen LogP contribution in [-0.2, 0) is 21.7 Å². The first kappa shape index (κ1) is 24.3. The number of carbonyl (C=O) groups is 2. The molecule has 0 bridgehead atoms. The van der Waals surface area contributed by atoms with E-state index in [0.717, 1.165) is 54.4 Å². The van der Waals surface area contributed by atoms with Gasteiger partial charge < -0.3 is 19.9 Å². The van der Waals surface area contributed by atoms with Gasteiger partial charge in [0.15, 0.2) is 11.5 Å². The molecule has 0 unspecified atom stereocenters. The minimum atomic E-state index is -0.583. The molecule has 1 amide bonds. The molecule has 1 saturated carbocycles. The molecular weight excluding hydrogens is 442 g/mol. The van der Waals surface area contributed by atoms with Crippen LogP contribution < -0.4 is 10.1 Å². The van der Waals surface area contributed by atoms with Gasteiger partial charge in [-0.25, -0.2) is 0 Å². The monoisotopic (exact) mass is 473 g/mol. The lowest BCUT2D eigenvalue weighted by molar-refractivity contribution is -0.162. The molecule has 35 heavy (non-hydrogen) atoms. The second-order valence-electron chi connectivity index (χ2n) is 9.00. The van der Waals surface area contributed by atoms with Crippen LogP contribution in [0.15, 0.2) is 66.7 Å². The smallest absolute Gasteiger partial charge is 0.303 e. The summed E-state index contributed by atoms with van der Waals surface area (Å²) in [6.07, 6.45) is 4.85. The highest BCUT2D eigenvalue weighted by atomic mass is 16.6. The fraction of sp³-hybridized carbons (Fsp3) is 0.310. The van der Waals surface area contributed by atoms with E-state index in [1.54, 1.807) is 24.3 Å². The van der Waals surface area contributed by atoms with Crippen LogP contribution in [0.3, 0.4) is 0 Å². The largest absolute Gasteiger partial charge is 0.504 e. The van der Waals surface area contributed by atoms with E-state index in [9.17, 15) is 14.7 Å². The summed E-state index contributed by atoms with van der Waals surface area (Å²) in [7, 11) is 1.49. The topological polar surface area (TPSA) is 84.9 Å². The average molecular weight is 474 g/mol. The van der Waals surface area contributed by atoms with Crippen LogP contribution >= 0.6 is 0 Å². The van der Waals surface area contributed by atoms with Gasteiger partial charge >= 0.3 is 5.97 Å². The Morgan fingerprint density at radius 3 is 2.37 bits per heavy atom. The molecule has 3 aromatic rings. The molecule has 0 aromatic heterocycles. The lowest BCUT2D eigenvalue weighted by atomic mass is 9.78. The van der Waals surface area contributed by atoms with Crippen molar-refractivity contribution < 1.29 is 24.2 Å². The van der Waals surface area contributed by atoms with E-state index in [1.165, 1.54) is 14.0 Å². The summed E-state index contributed by atoms with van der Waals surface area (Å²) in [6.45, 7) is 1.77. The molecular formula is C29H31NO5. The van der Waals surface area contributed by atoms with Crippen LogP contribution in [-0.4, -0.2) is 24.1 Å². The molecule has 0 aliphatic heterocycles. The van der Waals surface area contributed by atoms with Crippen molar-refractivity contribution in [3.8, 4) is 22.6 Å². The Labute approximate surface area is 205 Å².